The van der Waals surface area contributed by atoms with Crippen LogP contribution in [0, 0.1) is 6.92 Å². The van der Waals surface area contributed by atoms with E-state index in [1.54, 1.807) is 25.4 Å². The van der Waals surface area contributed by atoms with E-state index in [2.05, 4.69) is 4.98 Å². The Labute approximate surface area is 136 Å². The summed E-state index contributed by atoms with van der Waals surface area (Å²) in [6, 6.07) is 8.30. The lowest BCUT2D eigenvalue weighted by Gasteiger charge is -2.09. The van der Waals surface area contributed by atoms with Gasteiger partial charge in [-0.25, -0.2) is 13.2 Å². The van der Waals surface area contributed by atoms with Gasteiger partial charge >= 0.3 is 5.97 Å². The van der Waals surface area contributed by atoms with Crippen LogP contribution in [0.3, 0.4) is 0 Å². The van der Waals surface area contributed by atoms with Gasteiger partial charge in [0.2, 0.25) is 0 Å². The zero-order valence-electron chi connectivity index (χ0n) is 13.2. The van der Waals surface area contributed by atoms with E-state index in [-0.39, 0.29) is 17.1 Å². The molecular weight excluding hydrogens is 314 g/mol. The van der Waals surface area contributed by atoms with Gasteiger partial charge in [-0.15, -0.1) is 0 Å². The Bertz CT molecular complexity index is 785. The zero-order valence-corrected chi connectivity index (χ0v) is 14.0. The van der Waals surface area contributed by atoms with Crippen LogP contribution in [0.1, 0.15) is 27.9 Å². The van der Waals surface area contributed by atoms with Gasteiger partial charge in [0.15, 0.2) is 9.84 Å². The molecule has 0 spiro atoms. The van der Waals surface area contributed by atoms with Gasteiger partial charge in [-0.2, -0.15) is 0 Å². The van der Waals surface area contributed by atoms with Gasteiger partial charge in [0, 0.05) is 18.6 Å². The summed E-state index contributed by atoms with van der Waals surface area (Å²) in [5, 5.41) is 0. The molecule has 0 saturated heterocycles. The largest absolute Gasteiger partial charge is 0.462 e. The van der Waals surface area contributed by atoms with Gasteiger partial charge < -0.3 is 4.74 Å². The third-order valence-electron chi connectivity index (χ3n) is 3.42. The van der Waals surface area contributed by atoms with Crippen LogP contribution in [0.25, 0.3) is 0 Å². The minimum absolute atomic E-state index is 0.116. The van der Waals surface area contributed by atoms with Crippen LogP contribution in [0.5, 0.6) is 0 Å². The Morgan fingerprint density at radius 1 is 1.26 bits per heavy atom. The first-order valence-electron chi connectivity index (χ1n) is 7.24. The summed E-state index contributed by atoms with van der Waals surface area (Å²) in [5.74, 6) is -0.501. The molecule has 0 amide bonds. The van der Waals surface area contributed by atoms with Gasteiger partial charge in [-0.1, -0.05) is 12.1 Å². The molecule has 1 aromatic carbocycles. The standard InChI is InChI=1S/C17H19NO4S/c1-13-7-8-15(23(2,20)21)11-16(13)17(19)22-10-4-6-14-5-3-9-18-12-14/h3,5,7-9,11-12H,4,6,10H2,1-2H3. The quantitative estimate of drug-likeness (QED) is 0.600. The average molecular weight is 333 g/mol. The Balaban J connectivity index is 1.95. The summed E-state index contributed by atoms with van der Waals surface area (Å²) in [5.41, 5.74) is 2.06. The number of hydrogen-bond donors (Lipinski definition) is 0. The first-order chi connectivity index (χ1) is 10.9. The average Bonchev–Trinajstić information content (AvgIpc) is 2.51. The first kappa shape index (κ1) is 17.1. The van der Waals surface area contributed by atoms with Crippen LogP contribution in [0.15, 0.2) is 47.6 Å². The molecule has 6 heteroatoms. The summed E-state index contributed by atoms with van der Waals surface area (Å²) in [7, 11) is -3.35. The van der Waals surface area contributed by atoms with Crippen molar-refractivity contribution in [3.8, 4) is 0 Å². The molecule has 0 aliphatic carbocycles. The van der Waals surface area contributed by atoms with Crippen molar-refractivity contribution < 1.29 is 17.9 Å². The molecule has 0 aliphatic rings. The van der Waals surface area contributed by atoms with Crippen molar-refractivity contribution in [2.24, 2.45) is 0 Å². The molecule has 0 unspecified atom stereocenters. The summed E-state index contributed by atoms with van der Waals surface area (Å²) in [6.45, 7) is 2.02. The Morgan fingerprint density at radius 3 is 2.70 bits per heavy atom. The Kier molecular flexibility index (Phi) is 5.50. The molecule has 0 atom stereocenters. The van der Waals surface area contributed by atoms with Crippen LogP contribution in [0.2, 0.25) is 0 Å². The predicted molar refractivity (Wildman–Crippen MR) is 87.1 cm³/mol. The molecule has 122 valence electrons. The number of rotatable bonds is 6. The molecule has 1 heterocycles. The lowest BCUT2D eigenvalue weighted by molar-refractivity contribution is 0.0499. The molecule has 1 aromatic heterocycles. The van der Waals surface area contributed by atoms with Crippen LogP contribution in [-0.4, -0.2) is 32.2 Å². The van der Waals surface area contributed by atoms with E-state index >= 15 is 0 Å². The van der Waals surface area contributed by atoms with Crippen LogP contribution in [-0.2, 0) is 21.0 Å². The minimum Gasteiger partial charge on any atom is -0.462 e. The van der Waals surface area contributed by atoms with Crippen LogP contribution >= 0.6 is 0 Å². The fourth-order valence-corrected chi connectivity index (χ4v) is 2.76. The molecule has 2 rings (SSSR count). The number of nitrogens with zero attached hydrogens (tertiary/aromatic N) is 1. The van der Waals surface area contributed by atoms with Crippen molar-refractivity contribution in [1.82, 2.24) is 4.98 Å². The third-order valence-corrected chi connectivity index (χ3v) is 4.53. The molecule has 5 nitrogen and oxygen atoms in total. The number of esters is 1. The van der Waals surface area contributed by atoms with Crippen molar-refractivity contribution in [3.05, 3.63) is 59.4 Å². The molecule has 0 bridgehead atoms. The number of benzene rings is 1. The number of carbonyl (C=O) groups excluding carboxylic acids is 1. The SMILES string of the molecule is Cc1ccc(S(C)(=O)=O)cc1C(=O)OCCCc1cccnc1. The summed E-state index contributed by atoms with van der Waals surface area (Å²) < 4.78 is 28.4. The van der Waals surface area contributed by atoms with E-state index in [1.165, 1.54) is 12.1 Å². The number of pyridine rings is 1. The highest BCUT2D eigenvalue weighted by molar-refractivity contribution is 7.90. The number of aromatic nitrogens is 1. The van der Waals surface area contributed by atoms with E-state index in [4.69, 9.17) is 4.74 Å². The van der Waals surface area contributed by atoms with Crippen molar-refractivity contribution >= 4 is 15.8 Å². The monoisotopic (exact) mass is 333 g/mol. The van der Waals surface area contributed by atoms with Crippen molar-refractivity contribution in [2.45, 2.75) is 24.7 Å². The molecule has 2 aromatic rings. The number of ether oxygens (including phenoxy) is 1. The number of aryl methyl sites for hydroxylation is 2. The van der Waals surface area contributed by atoms with E-state index in [1.807, 2.05) is 12.1 Å². The van der Waals surface area contributed by atoms with Gasteiger partial charge in [0.1, 0.15) is 0 Å². The molecular formula is C17H19NO4S. The highest BCUT2D eigenvalue weighted by Crippen LogP contribution is 2.16. The Morgan fingerprint density at radius 2 is 2.04 bits per heavy atom. The second-order valence-corrected chi connectivity index (χ2v) is 7.37. The predicted octanol–water partition coefficient (Wildman–Crippen LogP) is 2.58. The maximum Gasteiger partial charge on any atom is 0.338 e. The van der Waals surface area contributed by atoms with Gasteiger partial charge in [0.05, 0.1) is 17.1 Å². The van der Waals surface area contributed by atoms with Crippen molar-refractivity contribution in [1.29, 1.82) is 0 Å². The Hall–Kier alpha value is -2.21. The smallest absolute Gasteiger partial charge is 0.338 e. The van der Waals surface area contributed by atoms with Crippen molar-refractivity contribution in [3.63, 3.8) is 0 Å². The second-order valence-electron chi connectivity index (χ2n) is 5.35. The summed E-state index contributed by atoms with van der Waals surface area (Å²) in [6.07, 6.45) is 6.05. The molecule has 0 radical (unpaired) electrons. The molecule has 23 heavy (non-hydrogen) atoms. The number of sulfone groups is 1. The van der Waals surface area contributed by atoms with Gasteiger partial charge in [-0.05, 0) is 49.1 Å². The highest BCUT2D eigenvalue weighted by Gasteiger charge is 2.15. The topological polar surface area (TPSA) is 73.3 Å². The molecule has 0 aliphatic heterocycles. The van der Waals surface area contributed by atoms with Gasteiger partial charge in [0.25, 0.3) is 0 Å². The normalized spacial score (nSPS) is 11.2. The fraction of sp³-hybridized carbons (Fsp3) is 0.294. The molecule has 0 N–H and O–H groups in total. The van der Waals surface area contributed by atoms with Gasteiger partial charge in [-0.3, -0.25) is 4.98 Å². The second kappa shape index (κ2) is 7.37. The highest BCUT2D eigenvalue weighted by atomic mass is 32.2. The number of hydrogen-bond acceptors (Lipinski definition) is 5. The maximum atomic E-state index is 12.1. The van der Waals surface area contributed by atoms with E-state index in [0.717, 1.165) is 18.2 Å². The molecule has 0 fully saturated rings. The minimum atomic E-state index is -3.35. The van der Waals surface area contributed by atoms with Crippen LogP contribution in [0.4, 0.5) is 0 Å². The summed E-state index contributed by atoms with van der Waals surface area (Å²) >= 11 is 0. The number of carbonyl (C=O) groups is 1. The van der Waals surface area contributed by atoms with Crippen LogP contribution < -0.4 is 0 Å². The van der Waals surface area contributed by atoms with E-state index in [0.29, 0.717) is 12.0 Å². The zero-order chi connectivity index (χ0) is 16.9. The summed E-state index contributed by atoms with van der Waals surface area (Å²) in [4.78, 5) is 16.3. The lowest BCUT2D eigenvalue weighted by Crippen LogP contribution is -2.10. The third kappa shape index (κ3) is 4.89. The molecule has 0 saturated carbocycles. The maximum absolute atomic E-state index is 12.1. The first-order valence-corrected chi connectivity index (χ1v) is 9.14. The fourth-order valence-electron chi connectivity index (χ4n) is 2.12. The lowest BCUT2D eigenvalue weighted by atomic mass is 10.1. The van der Waals surface area contributed by atoms with E-state index < -0.39 is 15.8 Å². The van der Waals surface area contributed by atoms with Crippen molar-refractivity contribution in [2.75, 3.05) is 12.9 Å². The van der Waals surface area contributed by atoms with E-state index in [9.17, 15) is 13.2 Å².